The van der Waals surface area contributed by atoms with E-state index in [0.717, 1.165) is 45.3 Å². The van der Waals surface area contributed by atoms with Crippen molar-refractivity contribution in [3.8, 4) is 11.6 Å². The van der Waals surface area contributed by atoms with E-state index in [1.165, 1.54) is 6.42 Å². The Kier molecular flexibility index (Phi) is 5.32. The van der Waals surface area contributed by atoms with Gasteiger partial charge in [-0.05, 0) is 25.1 Å². The zero-order chi connectivity index (χ0) is 14.8. The third-order valence-electron chi connectivity index (χ3n) is 4.53. The highest BCUT2D eigenvalue weighted by atomic mass is 35.5. The van der Waals surface area contributed by atoms with E-state index in [9.17, 15) is 0 Å². The lowest BCUT2D eigenvalue weighted by Gasteiger charge is -2.37. The fourth-order valence-electron chi connectivity index (χ4n) is 3.25. The summed E-state index contributed by atoms with van der Waals surface area (Å²) in [7, 11) is 0. The zero-order valence-electron chi connectivity index (χ0n) is 13.0. The maximum absolute atomic E-state index is 5.33. The molecule has 2 aromatic rings. The largest absolute Gasteiger partial charge is 0.461 e. The van der Waals surface area contributed by atoms with Gasteiger partial charge in [-0.15, -0.1) is 12.4 Å². The van der Waals surface area contributed by atoms with Crippen molar-refractivity contribution < 1.29 is 8.94 Å². The molecule has 0 saturated carbocycles. The molecule has 0 spiro atoms. The fraction of sp³-hybridized carbons (Fsp3) is 0.600. The van der Waals surface area contributed by atoms with Crippen LogP contribution in [0.25, 0.3) is 11.6 Å². The minimum atomic E-state index is 0. The maximum atomic E-state index is 5.33. The minimum Gasteiger partial charge on any atom is -0.461 e. The SMILES string of the molecule is Cl.c1coc(-c2noc(CN3CCN(C4CCNC4)CC3)n2)c1. The van der Waals surface area contributed by atoms with Crippen molar-refractivity contribution >= 4 is 12.4 Å². The van der Waals surface area contributed by atoms with Crippen molar-refractivity contribution in [1.29, 1.82) is 0 Å². The molecular formula is C15H22ClN5O2. The van der Waals surface area contributed by atoms with Crippen molar-refractivity contribution in [1.82, 2.24) is 25.3 Å². The topological polar surface area (TPSA) is 70.6 Å². The number of aromatic nitrogens is 2. The minimum absolute atomic E-state index is 0. The maximum Gasteiger partial charge on any atom is 0.241 e. The van der Waals surface area contributed by atoms with Crippen molar-refractivity contribution in [2.75, 3.05) is 39.3 Å². The van der Waals surface area contributed by atoms with E-state index in [4.69, 9.17) is 8.94 Å². The van der Waals surface area contributed by atoms with E-state index >= 15 is 0 Å². The first-order valence-corrected chi connectivity index (χ1v) is 7.92. The van der Waals surface area contributed by atoms with Gasteiger partial charge in [-0.25, -0.2) is 0 Å². The van der Waals surface area contributed by atoms with Crippen LogP contribution >= 0.6 is 12.4 Å². The number of nitrogens with one attached hydrogen (secondary N) is 1. The Balaban J connectivity index is 0.00000156. The number of piperazine rings is 1. The van der Waals surface area contributed by atoms with Gasteiger partial charge < -0.3 is 14.3 Å². The van der Waals surface area contributed by atoms with Gasteiger partial charge in [0.05, 0.1) is 12.8 Å². The van der Waals surface area contributed by atoms with Gasteiger partial charge in [0.25, 0.3) is 0 Å². The molecule has 4 rings (SSSR count). The number of rotatable bonds is 4. The quantitative estimate of drug-likeness (QED) is 0.898. The van der Waals surface area contributed by atoms with Gasteiger partial charge >= 0.3 is 0 Å². The van der Waals surface area contributed by atoms with E-state index in [0.29, 0.717) is 24.0 Å². The van der Waals surface area contributed by atoms with Crippen LogP contribution in [0.3, 0.4) is 0 Å². The van der Waals surface area contributed by atoms with Gasteiger partial charge in [0.2, 0.25) is 11.7 Å². The normalized spacial score (nSPS) is 23.0. The smallest absolute Gasteiger partial charge is 0.241 e. The first-order valence-electron chi connectivity index (χ1n) is 7.92. The molecule has 2 aliphatic rings. The Morgan fingerprint density at radius 3 is 2.83 bits per heavy atom. The fourth-order valence-corrected chi connectivity index (χ4v) is 3.25. The van der Waals surface area contributed by atoms with E-state index in [-0.39, 0.29) is 12.4 Å². The molecule has 1 N–H and O–H groups in total. The van der Waals surface area contributed by atoms with Crippen LogP contribution in [0.5, 0.6) is 0 Å². The summed E-state index contributed by atoms with van der Waals surface area (Å²) in [4.78, 5) is 9.38. The summed E-state index contributed by atoms with van der Waals surface area (Å²) >= 11 is 0. The second kappa shape index (κ2) is 7.44. The molecule has 0 aliphatic carbocycles. The number of hydrogen-bond acceptors (Lipinski definition) is 7. The van der Waals surface area contributed by atoms with Crippen molar-refractivity contribution in [3.63, 3.8) is 0 Å². The number of furan rings is 1. The van der Waals surface area contributed by atoms with Crippen molar-refractivity contribution in [2.45, 2.75) is 19.0 Å². The summed E-state index contributed by atoms with van der Waals surface area (Å²) in [6.45, 7) is 7.34. The second-order valence-corrected chi connectivity index (χ2v) is 5.95. The molecule has 7 nitrogen and oxygen atoms in total. The van der Waals surface area contributed by atoms with Gasteiger partial charge in [0.1, 0.15) is 0 Å². The molecule has 1 atom stereocenters. The predicted molar refractivity (Wildman–Crippen MR) is 87.4 cm³/mol. The molecule has 8 heteroatoms. The highest BCUT2D eigenvalue weighted by Gasteiger charge is 2.26. The second-order valence-electron chi connectivity index (χ2n) is 5.95. The van der Waals surface area contributed by atoms with Crippen LogP contribution in [0, 0.1) is 0 Å². The van der Waals surface area contributed by atoms with E-state index < -0.39 is 0 Å². The Morgan fingerprint density at radius 1 is 1.26 bits per heavy atom. The Labute approximate surface area is 141 Å². The molecule has 0 aromatic carbocycles. The van der Waals surface area contributed by atoms with E-state index in [1.807, 2.05) is 12.1 Å². The number of hydrogen-bond donors (Lipinski definition) is 1. The average Bonchev–Trinajstić information content (AvgIpc) is 3.30. The molecule has 2 fully saturated rings. The third-order valence-corrected chi connectivity index (χ3v) is 4.53. The van der Waals surface area contributed by atoms with Gasteiger partial charge in [-0.3, -0.25) is 9.80 Å². The summed E-state index contributed by atoms with van der Waals surface area (Å²) in [6.07, 6.45) is 2.89. The first kappa shape index (κ1) is 16.4. The average molecular weight is 340 g/mol. The first-order chi connectivity index (χ1) is 10.9. The van der Waals surface area contributed by atoms with Crippen LogP contribution in [0.1, 0.15) is 12.3 Å². The summed E-state index contributed by atoms with van der Waals surface area (Å²) in [5.41, 5.74) is 0. The molecule has 126 valence electrons. The zero-order valence-corrected chi connectivity index (χ0v) is 13.8. The van der Waals surface area contributed by atoms with Gasteiger partial charge in [-0.2, -0.15) is 4.98 Å². The van der Waals surface area contributed by atoms with Crippen LogP contribution in [0.2, 0.25) is 0 Å². The summed E-state index contributed by atoms with van der Waals surface area (Å²) in [6, 6.07) is 4.38. The van der Waals surface area contributed by atoms with E-state index in [2.05, 4.69) is 25.3 Å². The van der Waals surface area contributed by atoms with Crippen LogP contribution in [0.15, 0.2) is 27.3 Å². The van der Waals surface area contributed by atoms with Crippen molar-refractivity contribution in [2.24, 2.45) is 0 Å². The monoisotopic (exact) mass is 339 g/mol. The molecule has 0 radical (unpaired) electrons. The van der Waals surface area contributed by atoms with Gasteiger partial charge in [0.15, 0.2) is 5.76 Å². The molecule has 23 heavy (non-hydrogen) atoms. The number of nitrogens with zero attached hydrogens (tertiary/aromatic N) is 4. The summed E-state index contributed by atoms with van der Waals surface area (Å²) < 4.78 is 10.6. The molecule has 1 unspecified atom stereocenters. The molecule has 2 aliphatic heterocycles. The summed E-state index contributed by atoms with van der Waals surface area (Å²) in [5, 5.41) is 7.42. The Morgan fingerprint density at radius 2 is 2.13 bits per heavy atom. The lowest BCUT2D eigenvalue weighted by atomic mass is 10.2. The third kappa shape index (κ3) is 3.74. The predicted octanol–water partition coefficient (Wildman–Crippen LogP) is 1.23. The molecule has 0 bridgehead atoms. The number of halogens is 1. The Hall–Kier alpha value is -1.41. The van der Waals surface area contributed by atoms with Crippen molar-refractivity contribution in [3.05, 3.63) is 24.3 Å². The molecular weight excluding hydrogens is 318 g/mol. The molecule has 2 aromatic heterocycles. The van der Waals surface area contributed by atoms with Gasteiger partial charge in [-0.1, -0.05) is 5.16 Å². The molecule has 2 saturated heterocycles. The van der Waals surface area contributed by atoms with Crippen LogP contribution in [0.4, 0.5) is 0 Å². The Bertz CT molecular complexity index is 589. The molecule has 4 heterocycles. The summed E-state index contributed by atoms with van der Waals surface area (Å²) in [5.74, 6) is 1.83. The van der Waals surface area contributed by atoms with E-state index in [1.54, 1.807) is 6.26 Å². The lowest BCUT2D eigenvalue weighted by Crippen LogP contribution is -2.50. The van der Waals surface area contributed by atoms with Gasteiger partial charge in [0, 0.05) is 38.8 Å². The van der Waals surface area contributed by atoms with Crippen LogP contribution in [-0.2, 0) is 6.54 Å². The lowest BCUT2D eigenvalue weighted by molar-refractivity contribution is 0.0908. The standard InChI is InChI=1S/C15H21N5O2.ClH/c1-2-13(21-9-1)15-17-14(22-18-15)11-19-5-7-20(8-6-19)12-3-4-16-10-12;/h1-2,9,12,16H,3-8,10-11H2;1H. The highest BCUT2D eigenvalue weighted by Crippen LogP contribution is 2.17. The highest BCUT2D eigenvalue weighted by molar-refractivity contribution is 5.85. The molecule has 0 amide bonds. The van der Waals surface area contributed by atoms with Crippen LogP contribution in [-0.4, -0.2) is 65.3 Å². The van der Waals surface area contributed by atoms with Crippen LogP contribution < -0.4 is 5.32 Å².